The fourth-order valence-electron chi connectivity index (χ4n) is 6.44. The fraction of sp³-hybridized carbons (Fsp3) is 0.400. The van der Waals surface area contributed by atoms with E-state index in [2.05, 4.69) is 10.6 Å². The lowest BCUT2D eigenvalue weighted by Crippen LogP contribution is -2.54. The SMILES string of the molecule is O=C1C2C(Cc3ccc(O)c(O)c3)NC3(C(=O)Nc4ccc(F)cc43)C2C(=O)N1C1CCCC1. The number of nitrogens with one attached hydrogen (secondary N) is 2. The number of carbonyl (C=O) groups is 3. The van der Waals surface area contributed by atoms with Crippen molar-refractivity contribution >= 4 is 23.4 Å². The van der Waals surface area contributed by atoms with Crippen molar-refractivity contribution in [3.8, 4) is 11.5 Å². The van der Waals surface area contributed by atoms with Gasteiger partial charge in [0.15, 0.2) is 11.5 Å². The summed E-state index contributed by atoms with van der Waals surface area (Å²) in [6, 6.07) is 7.54. The molecule has 4 unspecified atom stereocenters. The summed E-state index contributed by atoms with van der Waals surface area (Å²) in [6.45, 7) is 0. The Balaban J connectivity index is 1.47. The molecular formula is C25H24FN3O5. The first-order chi connectivity index (χ1) is 16.3. The van der Waals surface area contributed by atoms with Gasteiger partial charge in [0, 0.05) is 23.3 Å². The minimum atomic E-state index is -1.56. The number of carbonyl (C=O) groups excluding carboxylic acids is 3. The second-order valence-electron chi connectivity index (χ2n) is 9.72. The fourth-order valence-corrected chi connectivity index (χ4v) is 6.44. The summed E-state index contributed by atoms with van der Waals surface area (Å²) >= 11 is 0. The third kappa shape index (κ3) is 2.76. The van der Waals surface area contributed by atoms with E-state index in [1.54, 1.807) is 6.07 Å². The predicted octanol–water partition coefficient (Wildman–Crippen LogP) is 2.14. The summed E-state index contributed by atoms with van der Waals surface area (Å²) < 4.78 is 14.3. The molecule has 0 bridgehead atoms. The van der Waals surface area contributed by atoms with Crippen molar-refractivity contribution in [3.63, 3.8) is 0 Å². The zero-order chi connectivity index (χ0) is 23.8. The van der Waals surface area contributed by atoms with E-state index in [4.69, 9.17) is 0 Å². The average Bonchev–Trinajstić information content (AvgIpc) is 3.54. The van der Waals surface area contributed by atoms with Gasteiger partial charge < -0.3 is 15.5 Å². The summed E-state index contributed by atoms with van der Waals surface area (Å²) in [5.74, 6) is -4.10. The van der Waals surface area contributed by atoms with Crippen molar-refractivity contribution in [2.75, 3.05) is 5.32 Å². The summed E-state index contributed by atoms with van der Waals surface area (Å²) in [5, 5.41) is 25.6. The highest BCUT2D eigenvalue weighted by atomic mass is 19.1. The van der Waals surface area contributed by atoms with E-state index in [0.29, 0.717) is 16.8 Å². The zero-order valence-corrected chi connectivity index (χ0v) is 18.3. The topological polar surface area (TPSA) is 119 Å². The van der Waals surface area contributed by atoms with Crippen LogP contribution in [0, 0.1) is 17.7 Å². The number of hydrogen-bond acceptors (Lipinski definition) is 6. The predicted molar refractivity (Wildman–Crippen MR) is 118 cm³/mol. The molecule has 2 aromatic carbocycles. The lowest BCUT2D eigenvalue weighted by molar-refractivity contribution is -0.145. The van der Waals surface area contributed by atoms with Crippen LogP contribution < -0.4 is 10.6 Å². The number of anilines is 1. The second kappa shape index (κ2) is 7.27. The first-order valence-corrected chi connectivity index (χ1v) is 11.6. The van der Waals surface area contributed by atoms with Gasteiger partial charge in [-0.1, -0.05) is 18.9 Å². The molecule has 34 heavy (non-hydrogen) atoms. The van der Waals surface area contributed by atoms with Crippen molar-refractivity contribution in [2.24, 2.45) is 11.8 Å². The quantitative estimate of drug-likeness (QED) is 0.408. The lowest BCUT2D eigenvalue weighted by atomic mass is 9.76. The van der Waals surface area contributed by atoms with Gasteiger partial charge in [-0.15, -0.1) is 0 Å². The molecule has 9 heteroatoms. The number of phenolic OH excluding ortho intramolecular Hbond substituents is 2. The molecule has 1 spiro atoms. The molecular weight excluding hydrogens is 441 g/mol. The third-order valence-electron chi connectivity index (χ3n) is 7.90. The van der Waals surface area contributed by atoms with E-state index in [-0.39, 0.29) is 29.9 Å². The van der Waals surface area contributed by atoms with Crippen LogP contribution in [0.3, 0.4) is 0 Å². The van der Waals surface area contributed by atoms with Gasteiger partial charge in [0.25, 0.3) is 0 Å². The van der Waals surface area contributed by atoms with Crippen LogP contribution in [0.2, 0.25) is 0 Å². The first kappa shape index (κ1) is 21.1. The summed E-state index contributed by atoms with van der Waals surface area (Å²) in [4.78, 5) is 42.3. The molecule has 1 saturated carbocycles. The molecule has 3 amide bonds. The summed E-state index contributed by atoms with van der Waals surface area (Å²) in [6.07, 6.45) is 3.58. The largest absolute Gasteiger partial charge is 0.504 e. The molecule has 2 saturated heterocycles. The Bertz CT molecular complexity index is 1240. The molecule has 6 rings (SSSR count). The van der Waals surface area contributed by atoms with E-state index in [9.17, 15) is 29.0 Å². The van der Waals surface area contributed by atoms with Gasteiger partial charge in [-0.25, -0.2) is 4.39 Å². The number of imide groups is 1. The number of hydrogen-bond donors (Lipinski definition) is 4. The van der Waals surface area contributed by atoms with E-state index >= 15 is 0 Å². The molecule has 8 nitrogen and oxygen atoms in total. The van der Waals surface area contributed by atoms with Crippen LogP contribution in [-0.4, -0.2) is 44.9 Å². The van der Waals surface area contributed by atoms with E-state index < -0.39 is 41.0 Å². The van der Waals surface area contributed by atoms with Crippen LogP contribution >= 0.6 is 0 Å². The Morgan fingerprint density at radius 3 is 2.50 bits per heavy atom. The Morgan fingerprint density at radius 1 is 1.00 bits per heavy atom. The molecule has 176 valence electrons. The molecule has 4 aliphatic rings. The number of halogens is 1. The van der Waals surface area contributed by atoms with Gasteiger partial charge in [-0.2, -0.15) is 0 Å². The van der Waals surface area contributed by atoms with Gasteiger partial charge in [0.1, 0.15) is 11.4 Å². The number of likely N-dealkylation sites (tertiary alicyclic amines) is 1. The standard InChI is InChI=1S/C25H24FN3O5/c26-13-6-7-16-15(11-13)25(24(34)27-16)21-20(22(32)29(23(21)33)14-3-1-2-4-14)17(28-25)9-12-5-8-18(30)19(31)10-12/h5-8,10-11,14,17,20-21,28,30-31H,1-4,9H2,(H,27,34). The highest BCUT2D eigenvalue weighted by Gasteiger charge is 2.71. The summed E-state index contributed by atoms with van der Waals surface area (Å²) in [5.41, 5.74) is -0.189. The maximum absolute atomic E-state index is 14.3. The van der Waals surface area contributed by atoms with Crippen molar-refractivity contribution in [2.45, 2.75) is 49.7 Å². The van der Waals surface area contributed by atoms with Gasteiger partial charge in [-0.3, -0.25) is 24.6 Å². The molecule has 3 aliphatic heterocycles. The third-order valence-corrected chi connectivity index (χ3v) is 7.90. The van der Waals surface area contributed by atoms with Crippen LogP contribution in [0.4, 0.5) is 10.1 Å². The van der Waals surface area contributed by atoms with E-state index in [0.717, 1.165) is 25.7 Å². The number of phenols is 2. The molecule has 1 aliphatic carbocycles. The lowest BCUT2D eigenvalue weighted by Gasteiger charge is -2.31. The highest BCUT2D eigenvalue weighted by molar-refractivity contribution is 6.15. The van der Waals surface area contributed by atoms with Crippen LogP contribution in [-0.2, 0) is 26.3 Å². The van der Waals surface area contributed by atoms with Crippen molar-refractivity contribution in [1.29, 1.82) is 0 Å². The minimum absolute atomic E-state index is 0.183. The molecule has 0 aromatic heterocycles. The number of nitrogens with zero attached hydrogens (tertiary/aromatic N) is 1. The van der Waals surface area contributed by atoms with Gasteiger partial charge in [0.2, 0.25) is 17.7 Å². The van der Waals surface area contributed by atoms with Crippen molar-refractivity contribution in [3.05, 3.63) is 53.3 Å². The van der Waals surface area contributed by atoms with Crippen LogP contribution in [0.5, 0.6) is 11.5 Å². The van der Waals surface area contributed by atoms with Gasteiger partial charge in [0.05, 0.1) is 11.8 Å². The molecule has 2 aromatic rings. The average molecular weight is 465 g/mol. The van der Waals surface area contributed by atoms with Crippen LogP contribution in [0.15, 0.2) is 36.4 Å². The Morgan fingerprint density at radius 2 is 1.76 bits per heavy atom. The highest BCUT2D eigenvalue weighted by Crippen LogP contribution is 2.54. The molecule has 4 N–H and O–H groups in total. The monoisotopic (exact) mass is 465 g/mol. The second-order valence-corrected chi connectivity index (χ2v) is 9.72. The van der Waals surface area contributed by atoms with Crippen molar-refractivity contribution in [1.82, 2.24) is 10.2 Å². The summed E-state index contributed by atoms with van der Waals surface area (Å²) in [7, 11) is 0. The zero-order valence-electron chi connectivity index (χ0n) is 18.3. The number of amides is 3. The van der Waals surface area contributed by atoms with Gasteiger partial charge >= 0.3 is 0 Å². The number of benzene rings is 2. The van der Waals surface area contributed by atoms with Crippen LogP contribution in [0.1, 0.15) is 36.8 Å². The van der Waals surface area contributed by atoms with Crippen molar-refractivity contribution < 1.29 is 29.0 Å². The van der Waals surface area contributed by atoms with E-state index in [1.165, 1.54) is 35.2 Å². The molecule has 4 atom stereocenters. The number of rotatable bonds is 3. The first-order valence-electron chi connectivity index (χ1n) is 11.6. The maximum atomic E-state index is 14.3. The molecule has 3 heterocycles. The smallest absolute Gasteiger partial charge is 0.250 e. The Kier molecular flexibility index (Phi) is 4.51. The normalized spacial score (nSPS) is 30.3. The van der Waals surface area contributed by atoms with Gasteiger partial charge in [-0.05, 0) is 55.2 Å². The maximum Gasteiger partial charge on any atom is 0.250 e. The number of fused-ring (bicyclic) bond motifs is 4. The Hall–Kier alpha value is -3.46. The molecule has 3 fully saturated rings. The Labute approximate surface area is 194 Å². The van der Waals surface area contributed by atoms with Crippen LogP contribution in [0.25, 0.3) is 0 Å². The molecule has 0 radical (unpaired) electrons. The minimum Gasteiger partial charge on any atom is -0.504 e. The van der Waals surface area contributed by atoms with E-state index in [1.807, 2.05) is 0 Å². The number of aromatic hydroxyl groups is 2.